The van der Waals surface area contributed by atoms with Gasteiger partial charge in [0.1, 0.15) is 6.10 Å². The van der Waals surface area contributed by atoms with Crippen LogP contribution in [0.4, 0.5) is 0 Å². The van der Waals surface area contributed by atoms with Crippen molar-refractivity contribution in [2.24, 2.45) is 0 Å². The normalized spacial score (nSPS) is 14.4. The summed E-state index contributed by atoms with van der Waals surface area (Å²) < 4.78 is 9.31. The van der Waals surface area contributed by atoms with Gasteiger partial charge in [-0.2, -0.15) is 0 Å². The summed E-state index contributed by atoms with van der Waals surface area (Å²) in [4.78, 5) is 0.813. The molecule has 1 aromatic heterocycles. The lowest BCUT2D eigenvalue weighted by atomic mass is 9.90. The summed E-state index contributed by atoms with van der Waals surface area (Å²) in [6.07, 6.45) is -0.509. The van der Waals surface area contributed by atoms with Gasteiger partial charge in [-0.05, 0) is 25.4 Å². The van der Waals surface area contributed by atoms with Crippen LogP contribution in [0.15, 0.2) is 0 Å². The Kier molecular flexibility index (Phi) is 4.41. The van der Waals surface area contributed by atoms with E-state index in [4.69, 9.17) is 4.74 Å². The Morgan fingerprint density at radius 1 is 1.38 bits per heavy atom. The molecular weight excluding hydrogens is 224 g/mol. The Labute approximate surface area is 101 Å². The molecule has 0 bridgehead atoms. The molecule has 1 heterocycles. The molecular formula is C11H20N2O2S. The number of ether oxygens (including phenoxy) is 1. The van der Waals surface area contributed by atoms with Crippen molar-refractivity contribution in [2.75, 3.05) is 6.61 Å². The summed E-state index contributed by atoms with van der Waals surface area (Å²) in [7, 11) is 0. The van der Waals surface area contributed by atoms with Crippen LogP contribution in [0.1, 0.15) is 51.3 Å². The van der Waals surface area contributed by atoms with Gasteiger partial charge in [0.25, 0.3) is 0 Å². The number of aliphatic hydroxyl groups is 1. The van der Waals surface area contributed by atoms with Crippen molar-refractivity contribution in [1.82, 2.24) is 9.59 Å². The second-order valence-electron chi connectivity index (χ2n) is 5.13. The van der Waals surface area contributed by atoms with Crippen molar-refractivity contribution in [3.8, 4) is 0 Å². The van der Waals surface area contributed by atoms with E-state index in [-0.39, 0.29) is 11.5 Å². The number of hydrogen-bond donors (Lipinski definition) is 1. The number of rotatable bonds is 4. The summed E-state index contributed by atoms with van der Waals surface area (Å²) in [5.74, 6) is 0. The SMILES string of the molecule is CC(C)OCC(O)c1snnc1C(C)(C)C. The fourth-order valence-electron chi connectivity index (χ4n) is 1.30. The molecule has 0 aliphatic rings. The van der Waals surface area contributed by atoms with Gasteiger partial charge in [-0.1, -0.05) is 25.3 Å². The van der Waals surface area contributed by atoms with Gasteiger partial charge in [0.2, 0.25) is 0 Å². The van der Waals surface area contributed by atoms with E-state index < -0.39 is 6.10 Å². The van der Waals surface area contributed by atoms with E-state index in [1.54, 1.807) is 0 Å². The Morgan fingerprint density at radius 3 is 2.50 bits per heavy atom. The third-order valence-electron chi connectivity index (χ3n) is 2.11. The van der Waals surface area contributed by atoms with Crippen LogP contribution in [0.2, 0.25) is 0 Å². The van der Waals surface area contributed by atoms with Crippen molar-refractivity contribution in [3.63, 3.8) is 0 Å². The van der Waals surface area contributed by atoms with Gasteiger partial charge < -0.3 is 9.84 Å². The molecule has 1 N–H and O–H groups in total. The molecule has 1 aromatic rings. The average molecular weight is 244 g/mol. The molecule has 0 saturated carbocycles. The van der Waals surface area contributed by atoms with Crippen LogP contribution in [0.5, 0.6) is 0 Å². The molecule has 92 valence electrons. The van der Waals surface area contributed by atoms with Crippen LogP contribution >= 0.6 is 11.5 Å². The molecule has 4 nitrogen and oxygen atoms in total. The highest BCUT2D eigenvalue weighted by Crippen LogP contribution is 2.30. The second-order valence-corrected chi connectivity index (χ2v) is 5.92. The van der Waals surface area contributed by atoms with E-state index in [9.17, 15) is 5.11 Å². The average Bonchev–Trinajstić information content (AvgIpc) is 2.61. The molecule has 0 spiro atoms. The zero-order valence-electron chi connectivity index (χ0n) is 10.5. The smallest absolute Gasteiger partial charge is 0.115 e. The molecule has 1 rings (SSSR count). The summed E-state index contributed by atoms with van der Waals surface area (Å²) in [5.41, 5.74) is 0.763. The van der Waals surface area contributed by atoms with E-state index in [2.05, 4.69) is 30.4 Å². The second kappa shape index (κ2) is 5.21. The van der Waals surface area contributed by atoms with Crippen molar-refractivity contribution >= 4 is 11.5 Å². The lowest BCUT2D eigenvalue weighted by Gasteiger charge is -2.19. The van der Waals surface area contributed by atoms with Crippen molar-refractivity contribution in [3.05, 3.63) is 10.6 Å². The minimum absolute atomic E-state index is 0.0961. The first kappa shape index (κ1) is 13.5. The first-order valence-electron chi connectivity index (χ1n) is 5.44. The molecule has 0 radical (unpaired) electrons. The Hall–Kier alpha value is -0.520. The monoisotopic (exact) mass is 244 g/mol. The largest absolute Gasteiger partial charge is 0.385 e. The number of hydrogen-bond acceptors (Lipinski definition) is 5. The summed E-state index contributed by atoms with van der Waals surface area (Å²) in [6.45, 7) is 10.4. The van der Waals surface area contributed by atoms with Gasteiger partial charge in [-0.15, -0.1) is 5.10 Å². The first-order valence-corrected chi connectivity index (χ1v) is 6.22. The van der Waals surface area contributed by atoms with Gasteiger partial charge in [-0.3, -0.25) is 0 Å². The molecule has 16 heavy (non-hydrogen) atoms. The topological polar surface area (TPSA) is 55.2 Å². The molecule has 5 heteroatoms. The molecule has 0 aliphatic heterocycles. The summed E-state index contributed by atoms with van der Waals surface area (Å²) in [6, 6.07) is 0. The van der Waals surface area contributed by atoms with E-state index in [1.165, 1.54) is 11.5 Å². The Bertz CT molecular complexity index is 331. The molecule has 0 fully saturated rings. The van der Waals surface area contributed by atoms with E-state index >= 15 is 0 Å². The van der Waals surface area contributed by atoms with Crippen LogP contribution in [-0.4, -0.2) is 27.4 Å². The zero-order valence-corrected chi connectivity index (χ0v) is 11.3. The summed E-state index contributed by atoms with van der Waals surface area (Å²) in [5, 5.41) is 14.1. The minimum atomic E-state index is -0.628. The number of aliphatic hydroxyl groups excluding tert-OH is 1. The highest BCUT2D eigenvalue weighted by molar-refractivity contribution is 7.05. The Morgan fingerprint density at radius 2 is 2.00 bits per heavy atom. The minimum Gasteiger partial charge on any atom is -0.385 e. The maximum Gasteiger partial charge on any atom is 0.115 e. The van der Waals surface area contributed by atoms with Crippen molar-refractivity contribution in [2.45, 2.75) is 52.2 Å². The highest BCUT2D eigenvalue weighted by atomic mass is 32.1. The molecule has 0 saturated heterocycles. The van der Waals surface area contributed by atoms with Crippen LogP contribution in [-0.2, 0) is 10.2 Å². The standard InChI is InChI=1S/C11H20N2O2S/c1-7(2)15-6-8(14)9-10(11(3,4)5)12-13-16-9/h7-8,14H,6H2,1-5H3. The van der Waals surface area contributed by atoms with E-state index in [0.717, 1.165) is 10.6 Å². The third-order valence-corrected chi connectivity index (χ3v) is 2.94. The van der Waals surface area contributed by atoms with Gasteiger partial charge in [0, 0.05) is 5.41 Å². The van der Waals surface area contributed by atoms with Crippen molar-refractivity contribution in [1.29, 1.82) is 0 Å². The fraction of sp³-hybridized carbons (Fsp3) is 0.818. The van der Waals surface area contributed by atoms with Crippen LogP contribution < -0.4 is 0 Å². The molecule has 1 unspecified atom stereocenters. The quantitative estimate of drug-likeness (QED) is 0.883. The molecule has 0 aromatic carbocycles. The fourth-order valence-corrected chi connectivity index (χ4v) is 2.13. The third kappa shape index (κ3) is 3.50. The lowest BCUT2D eigenvalue weighted by Crippen LogP contribution is -2.18. The highest BCUT2D eigenvalue weighted by Gasteiger charge is 2.26. The van der Waals surface area contributed by atoms with Gasteiger partial charge in [0.15, 0.2) is 0 Å². The lowest BCUT2D eigenvalue weighted by molar-refractivity contribution is 0.00565. The van der Waals surface area contributed by atoms with E-state index in [0.29, 0.717) is 6.61 Å². The number of aromatic nitrogens is 2. The van der Waals surface area contributed by atoms with Gasteiger partial charge in [0.05, 0.1) is 23.3 Å². The van der Waals surface area contributed by atoms with Crippen LogP contribution in [0.25, 0.3) is 0 Å². The van der Waals surface area contributed by atoms with Gasteiger partial charge in [-0.25, -0.2) is 0 Å². The maximum absolute atomic E-state index is 10.0. The summed E-state index contributed by atoms with van der Waals surface area (Å²) >= 11 is 1.25. The van der Waals surface area contributed by atoms with Crippen LogP contribution in [0.3, 0.4) is 0 Å². The predicted octanol–water partition coefficient (Wildman–Crippen LogP) is 2.29. The molecule has 0 amide bonds. The first-order chi connectivity index (χ1) is 7.32. The van der Waals surface area contributed by atoms with E-state index in [1.807, 2.05) is 13.8 Å². The van der Waals surface area contributed by atoms with Crippen LogP contribution in [0, 0.1) is 0 Å². The zero-order chi connectivity index (χ0) is 12.3. The number of nitrogens with zero attached hydrogens (tertiary/aromatic N) is 2. The molecule has 0 aliphatic carbocycles. The predicted molar refractivity (Wildman–Crippen MR) is 64.7 cm³/mol. The molecule has 1 atom stereocenters. The van der Waals surface area contributed by atoms with Gasteiger partial charge >= 0.3 is 0 Å². The maximum atomic E-state index is 10.0. The van der Waals surface area contributed by atoms with Crippen molar-refractivity contribution < 1.29 is 9.84 Å². The Balaban J connectivity index is 2.76.